The Bertz CT molecular complexity index is 1090. The summed E-state index contributed by atoms with van der Waals surface area (Å²) in [7, 11) is 1.53. The van der Waals surface area contributed by atoms with E-state index in [1.54, 1.807) is 18.2 Å². The largest absolute Gasteiger partial charge is 0.496 e. The topological polar surface area (TPSA) is 90.1 Å². The maximum atomic E-state index is 12.5. The first-order valence-electron chi connectivity index (χ1n) is 7.95. The van der Waals surface area contributed by atoms with Gasteiger partial charge in [0.15, 0.2) is 5.13 Å². The summed E-state index contributed by atoms with van der Waals surface area (Å²) in [5, 5.41) is 9.22. The minimum absolute atomic E-state index is 0.294. The number of para-hydroxylation sites is 1. The molecule has 0 saturated heterocycles. The third kappa shape index (κ3) is 3.46. The van der Waals surface area contributed by atoms with Gasteiger partial charge in [0.2, 0.25) is 5.82 Å². The minimum Gasteiger partial charge on any atom is -0.496 e. The van der Waals surface area contributed by atoms with Gasteiger partial charge in [-0.05, 0) is 30.5 Å². The molecule has 27 heavy (non-hydrogen) atoms. The Hall–Kier alpha value is -3.04. The molecule has 0 aliphatic carbocycles. The predicted molar refractivity (Wildman–Crippen MR) is 104 cm³/mol. The summed E-state index contributed by atoms with van der Waals surface area (Å²) in [6.45, 7) is 1.83. The van der Waals surface area contributed by atoms with Crippen molar-refractivity contribution in [3.63, 3.8) is 0 Å². The van der Waals surface area contributed by atoms with Crippen molar-refractivity contribution in [2.45, 2.75) is 6.92 Å². The molecule has 1 amide bonds. The molecule has 1 N–H and O–H groups in total. The van der Waals surface area contributed by atoms with Crippen LogP contribution in [0.1, 0.15) is 16.1 Å². The van der Waals surface area contributed by atoms with Crippen LogP contribution >= 0.6 is 22.7 Å². The van der Waals surface area contributed by atoms with Crippen molar-refractivity contribution >= 4 is 33.7 Å². The van der Waals surface area contributed by atoms with E-state index in [-0.39, 0.29) is 5.91 Å². The summed E-state index contributed by atoms with van der Waals surface area (Å²) in [5.41, 5.74) is 1.14. The van der Waals surface area contributed by atoms with E-state index in [0.717, 1.165) is 9.75 Å². The number of aromatic nitrogens is 3. The molecule has 0 unspecified atom stereocenters. The third-order valence-electron chi connectivity index (χ3n) is 3.73. The summed E-state index contributed by atoms with van der Waals surface area (Å²) >= 11 is 2.82. The summed E-state index contributed by atoms with van der Waals surface area (Å²) < 4.78 is 10.6. The fourth-order valence-corrected chi connectivity index (χ4v) is 4.00. The zero-order chi connectivity index (χ0) is 18.8. The number of methoxy groups -OCH3 is 1. The highest BCUT2D eigenvalue weighted by atomic mass is 32.1. The van der Waals surface area contributed by atoms with Crippen molar-refractivity contribution < 1.29 is 14.1 Å². The normalized spacial score (nSPS) is 10.7. The van der Waals surface area contributed by atoms with Crippen molar-refractivity contribution in [2.75, 3.05) is 12.4 Å². The number of benzene rings is 1. The number of carbonyl (C=O) groups is 1. The van der Waals surface area contributed by atoms with Gasteiger partial charge in [-0.15, -0.1) is 11.3 Å². The second kappa shape index (κ2) is 7.29. The fourth-order valence-electron chi connectivity index (χ4n) is 2.47. The van der Waals surface area contributed by atoms with Crippen LogP contribution < -0.4 is 10.1 Å². The van der Waals surface area contributed by atoms with E-state index in [4.69, 9.17) is 9.26 Å². The van der Waals surface area contributed by atoms with Crippen LogP contribution in [0.25, 0.3) is 21.5 Å². The highest BCUT2D eigenvalue weighted by molar-refractivity contribution is 7.19. The molecule has 0 saturated carbocycles. The van der Waals surface area contributed by atoms with Gasteiger partial charge in [-0.2, -0.15) is 4.98 Å². The average molecular weight is 398 g/mol. The Morgan fingerprint density at radius 3 is 2.81 bits per heavy atom. The quantitative estimate of drug-likeness (QED) is 0.533. The van der Waals surface area contributed by atoms with Crippen molar-refractivity contribution in [1.29, 1.82) is 0 Å². The first-order chi connectivity index (χ1) is 13.2. The molecule has 4 rings (SSSR count). The molecule has 136 valence electrons. The molecule has 4 aromatic rings. The highest BCUT2D eigenvalue weighted by Gasteiger charge is 2.19. The van der Waals surface area contributed by atoms with Crippen molar-refractivity contribution in [2.24, 2.45) is 0 Å². The monoisotopic (exact) mass is 398 g/mol. The zero-order valence-electron chi connectivity index (χ0n) is 14.4. The van der Waals surface area contributed by atoms with Gasteiger partial charge >= 0.3 is 0 Å². The van der Waals surface area contributed by atoms with Gasteiger partial charge in [0.05, 0.1) is 23.2 Å². The number of thiazole rings is 1. The van der Waals surface area contributed by atoms with E-state index in [9.17, 15) is 4.79 Å². The van der Waals surface area contributed by atoms with Gasteiger partial charge in [0.1, 0.15) is 10.6 Å². The van der Waals surface area contributed by atoms with Crippen molar-refractivity contribution in [3.05, 3.63) is 53.0 Å². The first kappa shape index (κ1) is 17.4. The van der Waals surface area contributed by atoms with E-state index in [2.05, 4.69) is 20.4 Å². The highest BCUT2D eigenvalue weighted by Crippen LogP contribution is 2.34. The Morgan fingerprint density at radius 2 is 2.04 bits per heavy atom. The molecular formula is C18H14N4O3S2. The predicted octanol–water partition coefficient (Wildman–Crippen LogP) is 4.49. The number of aryl methyl sites for hydroxylation is 1. The van der Waals surface area contributed by atoms with E-state index in [1.165, 1.54) is 29.8 Å². The van der Waals surface area contributed by atoms with Crippen LogP contribution in [0, 0.1) is 6.92 Å². The summed E-state index contributed by atoms with van der Waals surface area (Å²) in [6, 6.07) is 10.9. The van der Waals surface area contributed by atoms with Crippen LogP contribution in [0.15, 0.2) is 46.3 Å². The molecule has 0 atom stereocenters. The first-order valence-corrected chi connectivity index (χ1v) is 9.65. The smallest absolute Gasteiger partial charge is 0.270 e. The van der Waals surface area contributed by atoms with Crippen LogP contribution in [0.3, 0.4) is 0 Å². The van der Waals surface area contributed by atoms with Crippen LogP contribution in [0.2, 0.25) is 0 Å². The van der Waals surface area contributed by atoms with Gasteiger partial charge < -0.3 is 9.26 Å². The maximum absolute atomic E-state index is 12.5. The van der Waals surface area contributed by atoms with Gasteiger partial charge in [0, 0.05) is 0 Å². The summed E-state index contributed by atoms with van der Waals surface area (Å²) in [6.07, 6.45) is 0. The SMILES string of the molecule is COc1ccccc1C(=O)Nc1nc(C)c(-c2nc(-c3cccs3)no2)s1. The number of rotatable bonds is 5. The van der Waals surface area contributed by atoms with Crippen LogP contribution in [-0.2, 0) is 0 Å². The lowest BCUT2D eigenvalue weighted by Crippen LogP contribution is -2.12. The molecule has 0 fully saturated rings. The Balaban J connectivity index is 1.58. The molecule has 0 aliphatic heterocycles. The molecule has 3 aromatic heterocycles. The standard InChI is InChI=1S/C18H14N4O3S2/c1-10-14(17-20-15(22-25-17)13-8-5-9-26-13)27-18(19-10)21-16(23)11-6-3-4-7-12(11)24-2/h3-9H,1-2H3,(H,19,21,23). The zero-order valence-corrected chi connectivity index (χ0v) is 16.1. The number of hydrogen-bond donors (Lipinski definition) is 1. The van der Waals surface area contributed by atoms with Crippen LogP contribution in [0.4, 0.5) is 5.13 Å². The van der Waals surface area contributed by atoms with Gasteiger partial charge in [-0.1, -0.05) is 34.7 Å². The van der Waals surface area contributed by atoms with E-state index < -0.39 is 0 Å². The number of carbonyl (C=O) groups excluding carboxylic acids is 1. The molecule has 0 aliphatic rings. The Labute approximate surface area is 162 Å². The van der Waals surface area contributed by atoms with Crippen molar-refractivity contribution in [1.82, 2.24) is 15.1 Å². The van der Waals surface area contributed by atoms with Gasteiger partial charge in [-0.25, -0.2) is 4.98 Å². The summed E-state index contributed by atoms with van der Waals surface area (Å²) in [5.74, 6) is 1.12. The molecule has 0 radical (unpaired) electrons. The fraction of sp³-hybridized carbons (Fsp3) is 0.111. The number of amides is 1. The third-order valence-corrected chi connectivity index (χ3v) is 5.66. The lowest BCUT2D eigenvalue weighted by molar-refractivity contribution is 0.102. The number of anilines is 1. The molecule has 3 heterocycles. The number of thiophene rings is 1. The van der Waals surface area contributed by atoms with Crippen LogP contribution in [0.5, 0.6) is 5.75 Å². The Morgan fingerprint density at radius 1 is 1.19 bits per heavy atom. The van der Waals surface area contributed by atoms with E-state index in [1.807, 2.05) is 30.5 Å². The van der Waals surface area contributed by atoms with Crippen LogP contribution in [-0.4, -0.2) is 28.1 Å². The Kier molecular flexibility index (Phi) is 4.69. The van der Waals surface area contributed by atoms with Crippen molar-refractivity contribution in [3.8, 4) is 27.2 Å². The lowest BCUT2D eigenvalue weighted by Gasteiger charge is -2.06. The maximum Gasteiger partial charge on any atom is 0.270 e. The minimum atomic E-state index is -0.294. The van der Waals surface area contributed by atoms with E-state index in [0.29, 0.717) is 33.9 Å². The second-order valence-corrected chi connectivity index (χ2v) is 7.44. The number of nitrogens with zero attached hydrogens (tertiary/aromatic N) is 3. The molecule has 0 bridgehead atoms. The second-order valence-electron chi connectivity index (χ2n) is 5.49. The van der Waals surface area contributed by atoms with Gasteiger partial charge in [0.25, 0.3) is 11.8 Å². The molecule has 7 nitrogen and oxygen atoms in total. The molecule has 9 heteroatoms. The average Bonchev–Trinajstić information content (AvgIpc) is 3.42. The molecule has 1 aromatic carbocycles. The van der Waals surface area contributed by atoms with E-state index >= 15 is 0 Å². The number of ether oxygens (including phenoxy) is 1. The lowest BCUT2D eigenvalue weighted by atomic mass is 10.2. The summed E-state index contributed by atoms with van der Waals surface area (Å²) in [4.78, 5) is 23.0. The number of nitrogens with one attached hydrogen (secondary N) is 1. The van der Waals surface area contributed by atoms with Gasteiger partial charge in [-0.3, -0.25) is 10.1 Å². The molecule has 0 spiro atoms. The molecular weight excluding hydrogens is 384 g/mol. The number of hydrogen-bond acceptors (Lipinski definition) is 8.